The van der Waals surface area contributed by atoms with E-state index in [0.717, 1.165) is 19.6 Å². The van der Waals surface area contributed by atoms with Crippen LogP contribution in [0.15, 0.2) is 17.1 Å². The second-order valence-electron chi connectivity index (χ2n) is 4.78. The van der Waals surface area contributed by atoms with Crippen molar-refractivity contribution in [2.45, 2.75) is 6.92 Å². The van der Waals surface area contributed by atoms with Crippen LogP contribution in [-0.4, -0.2) is 44.6 Å². The number of nitrogens with zero attached hydrogens (tertiary/aromatic N) is 3. The Kier molecular flexibility index (Phi) is 5.57. The third-order valence-corrected chi connectivity index (χ3v) is 2.89. The third-order valence-electron chi connectivity index (χ3n) is 2.89. The van der Waals surface area contributed by atoms with Gasteiger partial charge in [-0.2, -0.15) is 0 Å². The number of nitrogens with two attached hydrogens (primary N) is 3. The van der Waals surface area contributed by atoms with Gasteiger partial charge >= 0.3 is 0 Å². The maximum absolute atomic E-state index is 14.0. The molecule has 0 heterocycles. The van der Waals surface area contributed by atoms with Crippen LogP contribution in [0.3, 0.4) is 0 Å². The molecular formula is C13H23FN6. The van der Waals surface area contributed by atoms with Crippen LogP contribution in [0.5, 0.6) is 0 Å². The van der Waals surface area contributed by atoms with E-state index >= 15 is 0 Å². The first-order valence-electron chi connectivity index (χ1n) is 6.43. The smallest absolute Gasteiger partial charge is 0.191 e. The summed E-state index contributed by atoms with van der Waals surface area (Å²) in [5, 5.41) is 0. The summed E-state index contributed by atoms with van der Waals surface area (Å²) in [5.41, 5.74) is 17.6. The summed E-state index contributed by atoms with van der Waals surface area (Å²) in [4.78, 5) is 7.78. The number of benzene rings is 1. The topological polar surface area (TPSA) is 96.9 Å². The van der Waals surface area contributed by atoms with Crippen molar-refractivity contribution < 1.29 is 4.39 Å². The van der Waals surface area contributed by atoms with Gasteiger partial charge in [0.1, 0.15) is 5.69 Å². The van der Waals surface area contributed by atoms with Crippen LogP contribution in [-0.2, 0) is 0 Å². The van der Waals surface area contributed by atoms with E-state index in [1.807, 2.05) is 25.9 Å². The number of hydrogen-bond acceptors (Lipinski definition) is 4. The van der Waals surface area contributed by atoms with E-state index in [0.29, 0.717) is 11.4 Å². The predicted molar refractivity (Wildman–Crippen MR) is 82.7 cm³/mol. The Hall–Kier alpha value is -2.02. The van der Waals surface area contributed by atoms with Crippen LogP contribution >= 0.6 is 0 Å². The zero-order valence-corrected chi connectivity index (χ0v) is 12.2. The summed E-state index contributed by atoms with van der Waals surface area (Å²) < 4.78 is 14.0. The number of nitrogen functional groups attached to an aromatic ring is 1. The van der Waals surface area contributed by atoms with Crippen LogP contribution in [0.25, 0.3) is 0 Å². The average molecular weight is 282 g/mol. The second kappa shape index (κ2) is 6.95. The van der Waals surface area contributed by atoms with E-state index in [1.165, 1.54) is 12.1 Å². The summed E-state index contributed by atoms with van der Waals surface area (Å²) in [6.07, 6.45) is 0. The Labute approximate surface area is 119 Å². The van der Waals surface area contributed by atoms with Crippen molar-refractivity contribution in [2.24, 2.45) is 16.5 Å². The maximum Gasteiger partial charge on any atom is 0.191 e. The number of hydrogen-bond donors (Lipinski definition) is 3. The summed E-state index contributed by atoms with van der Waals surface area (Å²) in [7, 11) is 3.97. The summed E-state index contributed by atoms with van der Waals surface area (Å²) >= 11 is 0. The lowest BCUT2D eigenvalue weighted by atomic mass is 10.2. The quantitative estimate of drug-likeness (QED) is 0.405. The van der Waals surface area contributed by atoms with Crippen molar-refractivity contribution in [3.63, 3.8) is 0 Å². The Morgan fingerprint density at radius 1 is 1.25 bits per heavy atom. The van der Waals surface area contributed by atoms with Gasteiger partial charge in [0.2, 0.25) is 0 Å². The number of guanidine groups is 1. The molecule has 1 aromatic rings. The number of likely N-dealkylation sites (N-methyl/N-ethyl adjacent to an activating group) is 2. The molecule has 0 amide bonds. The highest BCUT2D eigenvalue weighted by molar-refractivity contribution is 5.81. The Morgan fingerprint density at radius 3 is 2.40 bits per heavy atom. The average Bonchev–Trinajstić information content (AvgIpc) is 2.34. The molecule has 7 heteroatoms. The van der Waals surface area contributed by atoms with Crippen molar-refractivity contribution in [3.05, 3.63) is 17.9 Å². The molecule has 112 valence electrons. The molecule has 0 saturated carbocycles. The van der Waals surface area contributed by atoms with E-state index in [-0.39, 0.29) is 11.6 Å². The van der Waals surface area contributed by atoms with Gasteiger partial charge in [-0.3, -0.25) is 0 Å². The molecule has 1 aromatic carbocycles. The summed E-state index contributed by atoms with van der Waals surface area (Å²) in [6.45, 7) is 4.34. The minimum atomic E-state index is -0.495. The number of anilines is 2. The molecule has 0 radical (unpaired) electrons. The van der Waals surface area contributed by atoms with E-state index in [9.17, 15) is 4.39 Å². The van der Waals surface area contributed by atoms with Crippen LogP contribution < -0.4 is 22.1 Å². The van der Waals surface area contributed by atoms with Gasteiger partial charge in [0.15, 0.2) is 11.8 Å². The Bertz CT molecular complexity index is 482. The lowest BCUT2D eigenvalue weighted by molar-refractivity contribution is 0.414. The Balaban J connectivity index is 3.06. The number of aliphatic imine (C=N–C) groups is 1. The maximum atomic E-state index is 14.0. The summed E-state index contributed by atoms with van der Waals surface area (Å²) in [6, 6.07) is 2.82. The highest BCUT2D eigenvalue weighted by Crippen LogP contribution is 2.30. The highest BCUT2D eigenvalue weighted by atomic mass is 19.1. The van der Waals surface area contributed by atoms with Crippen molar-refractivity contribution >= 4 is 23.0 Å². The van der Waals surface area contributed by atoms with Gasteiger partial charge in [-0.15, -0.1) is 0 Å². The molecule has 0 aliphatic rings. The zero-order valence-electron chi connectivity index (χ0n) is 12.2. The molecule has 6 N–H and O–H groups in total. The zero-order chi connectivity index (χ0) is 15.3. The fourth-order valence-corrected chi connectivity index (χ4v) is 1.84. The van der Waals surface area contributed by atoms with Crippen LogP contribution in [0.1, 0.15) is 6.92 Å². The first-order chi connectivity index (χ1) is 9.35. The molecular weight excluding hydrogens is 259 g/mol. The van der Waals surface area contributed by atoms with E-state index in [1.54, 1.807) is 0 Å². The molecule has 0 spiro atoms. The van der Waals surface area contributed by atoms with Gasteiger partial charge in [0, 0.05) is 25.7 Å². The lowest BCUT2D eigenvalue weighted by Gasteiger charge is -2.26. The molecule has 20 heavy (non-hydrogen) atoms. The SMILES string of the molecule is CCN(CCN(C)C)c1cc(F)c(N=C(N)N)cc1N. The molecule has 0 bridgehead atoms. The fraction of sp³-hybridized carbons (Fsp3) is 0.462. The molecule has 0 fully saturated rings. The predicted octanol–water partition coefficient (Wildman–Crippen LogP) is 0.701. The van der Waals surface area contributed by atoms with Gasteiger partial charge in [0.25, 0.3) is 0 Å². The molecule has 6 nitrogen and oxygen atoms in total. The molecule has 0 aromatic heterocycles. The van der Waals surface area contributed by atoms with E-state index < -0.39 is 5.82 Å². The first kappa shape index (κ1) is 16.0. The lowest BCUT2D eigenvalue weighted by Crippen LogP contribution is -2.32. The minimum Gasteiger partial charge on any atom is -0.397 e. The van der Waals surface area contributed by atoms with Crippen LogP contribution in [0, 0.1) is 5.82 Å². The monoisotopic (exact) mass is 282 g/mol. The Morgan fingerprint density at radius 2 is 1.90 bits per heavy atom. The van der Waals surface area contributed by atoms with Crippen LogP contribution in [0.4, 0.5) is 21.5 Å². The fourth-order valence-electron chi connectivity index (χ4n) is 1.84. The second-order valence-corrected chi connectivity index (χ2v) is 4.78. The van der Waals surface area contributed by atoms with Gasteiger partial charge in [-0.25, -0.2) is 9.38 Å². The van der Waals surface area contributed by atoms with Gasteiger partial charge in [0.05, 0.1) is 11.4 Å². The number of rotatable bonds is 6. The first-order valence-corrected chi connectivity index (χ1v) is 6.43. The molecule has 1 rings (SSSR count). The number of halogens is 1. The molecule has 0 unspecified atom stereocenters. The van der Waals surface area contributed by atoms with E-state index in [2.05, 4.69) is 9.89 Å². The van der Waals surface area contributed by atoms with Crippen molar-refractivity contribution in [2.75, 3.05) is 44.4 Å². The van der Waals surface area contributed by atoms with E-state index in [4.69, 9.17) is 17.2 Å². The van der Waals surface area contributed by atoms with Crippen molar-refractivity contribution in [1.29, 1.82) is 0 Å². The summed E-state index contributed by atoms with van der Waals surface area (Å²) in [5.74, 6) is -0.693. The van der Waals surface area contributed by atoms with Gasteiger partial charge in [-0.05, 0) is 27.1 Å². The highest BCUT2D eigenvalue weighted by Gasteiger charge is 2.13. The minimum absolute atomic E-state index is 0.0508. The van der Waals surface area contributed by atoms with Gasteiger partial charge in [-0.1, -0.05) is 0 Å². The third kappa shape index (κ3) is 4.27. The van der Waals surface area contributed by atoms with Gasteiger partial charge < -0.3 is 27.0 Å². The normalized spacial score (nSPS) is 10.7. The van der Waals surface area contributed by atoms with Crippen molar-refractivity contribution in [1.82, 2.24) is 4.90 Å². The molecule has 0 aliphatic heterocycles. The molecule has 0 atom stereocenters. The molecule has 0 aliphatic carbocycles. The molecule has 0 saturated heterocycles. The standard InChI is InChI=1S/C13H23FN6/c1-4-20(6-5-19(2)3)12-7-9(14)11(8-10(12)15)18-13(16)17/h7-8H,4-6,15H2,1-3H3,(H4,16,17,18). The van der Waals surface area contributed by atoms with Crippen molar-refractivity contribution in [3.8, 4) is 0 Å². The van der Waals surface area contributed by atoms with Crippen LogP contribution in [0.2, 0.25) is 0 Å². The largest absolute Gasteiger partial charge is 0.397 e.